The highest BCUT2D eigenvalue weighted by Crippen LogP contribution is 1.92. The van der Waals surface area contributed by atoms with Crippen LogP contribution in [0.4, 0.5) is 0 Å². The van der Waals surface area contributed by atoms with Gasteiger partial charge in [0.1, 0.15) is 6.79 Å². The second-order valence-electron chi connectivity index (χ2n) is 1.74. The van der Waals surface area contributed by atoms with Gasteiger partial charge < -0.3 is 9.47 Å². The van der Waals surface area contributed by atoms with Crippen molar-refractivity contribution in [2.24, 2.45) is 0 Å². The Kier molecular flexibility index (Phi) is 6.48. The maximum absolute atomic E-state index is 5.45. The molecular formula is C6H13ClO2. The minimum absolute atomic E-state index is 0.0956. The molecule has 0 aliphatic carbocycles. The Balaban J connectivity index is 2.88. The Labute approximate surface area is 61.1 Å². The second kappa shape index (κ2) is 6.33. The van der Waals surface area contributed by atoms with E-state index in [0.717, 1.165) is 0 Å². The summed E-state index contributed by atoms with van der Waals surface area (Å²) in [6, 6.07) is 0. The van der Waals surface area contributed by atoms with Crippen LogP contribution in [-0.4, -0.2) is 25.4 Å². The molecule has 0 rings (SSSR count). The summed E-state index contributed by atoms with van der Waals surface area (Å²) in [5, 5.41) is 0. The lowest BCUT2D eigenvalue weighted by atomic mass is 10.5. The van der Waals surface area contributed by atoms with E-state index in [4.69, 9.17) is 21.1 Å². The molecule has 0 unspecified atom stereocenters. The average molecular weight is 153 g/mol. The smallest absolute Gasteiger partial charge is 0.147 e. The zero-order valence-electron chi connectivity index (χ0n) is 5.89. The molecule has 0 N–H and O–H groups in total. The van der Waals surface area contributed by atoms with Gasteiger partial charge in [-0.15, -0.1) is 11.6 Å². The van der Waals surface area contributed by atoms with Crippen LogP contribution < -0.4 is 0 Å². The van der Waals surface area contributed by atoms with Gasteiger partial charge >= 0.3 is 0 Å². The van der Waals surface area contributed by atoms with Crippen LogP contribution in [-0.2, 0) is 9.47 Å². The van der Waals surface area contributed by atoms with Crippen LogP contribution in [0.1, 0.15) is 13.8 Å². The standard InChI is InChI=1S/C6H13ClO2/c1-3-8-5-9-6(2)4-7/h6H,3-5H2,1-2H3/t6-/m0/s1. The molecule has 0 amide bonds. The van der Waals surface area contributed by atoms with E-state index < -0.39 is 0 Å². The Morgan fingerprint density at radius 1 is 1.56 bits per heavy atom. The van der Waals surface area contributed by atoms with Crippen molar-refractivity contribution in [3.05, 3.63) is 0 Å². The third kappa shape index (κ3) is 6.09. The van der Waals surface area contributed by atoms with E-state index in [1.54, 1.807) is 0 Å². The van der Waals surface area contributed by atoms with Crippen molar-refractivity contribution in [3.63, 3.8) is 0 Å². The molecule has 0 bridgehead atoms. The predicted molar refractivity (Wildman–Crippen MR) is 37.8 cm³/mol. The van der Waals surface area contributed by atoms with Gasteiger partial charge in [-0.1, -0.05) is 0 Å². The number of ether oxygens (including phenoxy) is 2. The number of rotatable bonds is 5. The van der Waals surface area contributed by atoms with Gasteiger partial charge in [-0.3, -0.25) is 0 Å². The lowest BCUT2D eigenvalue weighted by Crippen LogP contribution is -2.12. The van der Waals surface area contributed by atoms with Crippen molar-refractivity contribution < 1.29 is 9.47 Å². The molecule has 0 radical (unpaired) electrons. The van der Waals surface area contributed by atoms with Crippen LogP contribution in [0.5, 0.6) is 0 Å². The van der Waals surface area contributed by atoms with Crippen molar-refractivity contribution in [2.45, 2.75) is 20.0 Å². The quantitative estimate of drug-likeness (QED) is 0.339. The number of alkyl halides is 1. The molecule has 0 aromatic rings. The van der Waals surface area contributed by atoms with E-state index in [0.29, 0.717) is 19.3 Å². The molecule has 0 saturated carbocycles. The average Bonchev–Trinajstić information content (AvgIpc) is 1.89. The Morgan fingerprint density at radius 2 is 2.22 bits per heavy atom. The second-order valence-corrected chi connectivity index (χ2v) is 2.05. The Morgan fingerprint density at radius 3 is 2.67 bits per heavy atom. The van der Waals surface area contributed by atoms with Crippen molar-refractivity contribution in [1.82, 2.24) is 0 Å². The third-order valence-electron chi connectivity index (χ3n) is 0.857. The zero-order chi connectivity index (χ0) is 7.11. The molecule has 0 fully saturated rings. The molecule has 0 aromatic heterocycles. The van der Waals surface area contributed by atoms with E-state index in [-0.39, 0.29) is 6.10 Å². The molecule has 3 heteroatoms. The number of hydrogen-bond acceptors (Lipinski definition) is 2. The lowest BCUT2D eigenvalue weighted by Gasteiger charge is -2.07. The highest BCUT2D eigenvalue weighted by molar-refractivity contribution is 6.18. The summed E-state index contributed by atoms with van der Waals surface area (Å²) < 4.78 is 10.0. The zero-order valence-corrected chi connectivity index (χ0v) is 6.65. The molecule has 0 spiro atoms. The van der Waals surface area contributed by atoms with Gasteiger partial charge in [0.15, 0.2) is 0 Å². The molecule has 56 valence electrons. The fourth-order valence-electron chi connectivity index (χ4n) is 0.292. The molecule has 0 aromatic carbocycles. The van der Waals surface area contributed by atoms with Crippen LogP contribution in [0.25, 0.3) is 0 Å². The summed E-state index contributed by atoms with van der Waals surface area (Å²) in [6.45, 7) is 4.88. The maximum atomic E-state index is 5.45. The fraction of sp³-hybridized carbons (Fsp3) is 1.00. The molecule has 0 saturated heterocycles. The van der Waals surface area contributed by atoms with Crippen LogP contribution >= 0.6 is 11.6 Å². The third-order valence-corrected chi connectivity index (χ3v) is 1.29. The topological polar surface area (TPSA) is 18.5 Å². The first kappa shape index (κ1) is 9.21. The van der Waals surface area contributed by atoms with Gasteiger partial charge in [0.2, 0.25) is 0 Å². The van der Waals surface area contributed by atoms with Gasteiger partial charge in [-0.25, -0.2) is 0 Å². The van der Waals surface area contributed by atoms with Gasteiger partial charge in [0.25, 0.3) is 0 Å². The van der Waals surface area contributed by atoms with Gasteiger partial charge in [-0.05, 0) is 13.8 Å². The SMILES string of the molecule is CCOCO[C@@H](C)CCl. The van der Waals surface area contributed by atoms with Gasteiger partial charge in [0.05, 0.1) is 6.10 Å². The van der Waals surface area contributed by atoms with E-state index in [1.165, 1.54) is 0 Å². The van der Waals surface area contributed by atoms with Crippen LogP contribution in [0.15, 0.2) is 0 Å². The summed E-state index contributed by atoms with van der Waals surface area (Å²) in [6.07, 6.45) is 0.0956. The Bertz CT molecular complexity index is 59.0. The summed E-state index contributed by atoms with van der Waals surface area (Å²) in [5.74, 6) is 0.521. The molecule has 1 atom stereocenters. The molecular weight excluding hydrogens is 140 g/mol. The summed E-state index contributed by atoms with van der Waals surface area (Å²) in [7, 11) is 0. The largest absolute Gasteiger partial charge is 0.356 e. The normalized spacial score (nSPS) is 13.7. The Hall–Kier alpha value is 0.210. The molecule has 0 aliphatic heterocycles. The maximum Gasteiger partial charge on any atom is 0.147 e. The minimum atomic E-state index is 0.0956. The first-order valence-electron chi connectivity index (χ1n) is 3.06. The first-order chi connectivity index (χ1) is 4.31. The number of halogens is 1. The first-order valence-corrected chi connectivity index (χ1v) is 3.60. The van der Waals surface area contributed by atoms with Crippen molar-refractivity contribution in [2.75, 3.05) is 19.3 Å². The van der Waals surface area contributed by atoms with Crippen molar-refractivity contribution >= 4 is 11.6 Å². The monoisotopic (exact) mass is 152 g/mol. The number of hydrogen-bond donors (Lipinski definition) is 0. The van der Waals surface area contributed by atoms with E-state index in [9.17, 15) is 0 Å². The molecule has 9 heavy (non-hydrogen) atoms. The van der Waals surface area contributed by atoms with Gasteiger partial charge in [-0.2, -0.15) is 0 Å². The lowest BCUT2D eigenvalue weighted by molar-refractivity contribution is -0.0735. The van der Waals surface area contributed by atoms with Crippen molar-refractivity contribution in [3.8, 4) is 0 Å². The van der Waals surface area contributed by atoms with E-state index in [1.807, 2.05) is 13.8 Å². The predicted octanol–water partition coefficient (Wildman–Crippen LogP) is 1.62. The summed E-state index contributed by atoms with van der Waals surface area (Å²) in [5.41, 5.74) is 0. The molecule has 0 heterocycles. The van der Waals surface area contributed by atoms with Crippen LogP contribution in [0.3, 0.4) is 0 Å². The highest BCUT2D eigenvalue weighted by atomic mass is 35.5. The van der Waals surface area contributed by atoms with Crippen LogP contribution in [0, 0.1) is 0 Å². The van der Waals surface area contributed by atoms with E-state index in [2.05, 4.69) is 0 Å². The molecule has 2 nitrogen and oxygen atoms in total. The highest BCUT2D eigenvalue weighted by Gasteiger charge is 1.96. The van der Waals surface area contributed by atoms with E-state index >= 15 is 0 Å². The molecule has 0 aliphatic rings. The van der Waals surface area contributed by atoms with Crippen molar-refractivity contribution in [1.29, 1.82) is 0 Å². The fourth-order valence-corrected chi connectivity index (χ4v) is 0.381. The summed E-state index contributed by atoms with van der Waals surface area (Å²) >= 11 is 5.45. The summed E-state index contributed by atoms with van der Waals surface area (Å²) in [4.78, 5) is 0. The van der Waals surface area contributed by atoms with Gasteiger partial charge in [0, 0.05) is 12.5 Å². The minimum Gasteiger partial charge on any atom is -0.356 e. The van der Waals surface area contributed by atoms with Crippen LogP contribution in [0.2, 0.25) is 0 Å².